The van der Waals surface area contributed by atoms with Gasteiger partial charge in [0.05, 0.1) is 24.4 Å². The first kappa shape index (κ1) is 26.3. The van der Waals surface area contributed by atoms with Gasteiger partial charge in [-0.2, -0.15) is 0 Å². The first-order chi connectivity index (χ1) is 16.9. The first-order valence-electron chi connectivity index (χ1n) is 12.3. The lowest BCUT2D eigenvalue weighted by molar-refractivity contribution is -0.122. The van der Waals surface area contributed by atoms with Crippen molar-refractivity contribution >= 4 is 22.6 Å². The summed E-state index contributed by atoms with van der Waals surface area (Å²) in [7, 11) is 5.45. The topological polar surface area (TPSA) is 97.6 Å². The van der Waals surface area contributed by atoms with Crippen LogP contribution in [0.25, 0.3) is 22.2 Å². The van der Waals surface area contributed by atoms with Gasteiger partial charge < -0.3 is 19.4 Å². The second-order valence-corrected chi connectivity index (χ2v) is 8.97. The van der Waals surface area contributed by atoms with Gasteiger partial charge in [0.2, 0.25) is 17.7 Å². The number of pyridine rings is 1. The Bertz CT molecular complexity index is 1130. The molecule has 1 aromatic carbocycles. The number of methoxy groups -OCH3 is 1. The van der Waals surface area contributed by atoms with Crippen molar-refractivity contribution in [1.29, 1.82) is 0 Å². The lowest BCUT2D eigenvalue weighted by Crippen LogP contribution is -2.31. The second-order valence-electron chi connectivity index (χ2n) is 8.97. The highest BCUT2D eigenvalue weighted by Gasteiger charge is 2.22. The molecule has 2 heterocycles. The molecule has 1 N–H and O–H groups in total. The molecule has 0 bridgehead atoms. The van der Waals surface area contributed by atoms with Gasteiger partial charge in [-0.1, -0.05) is 38.0 Å². The predicted octanol–water partition coefficient (Wildman–Crippen LogP) is 4.94. The average Bonchev–Trinajstić information content (AvgIpc) is 3.35. The predicted molar refractivity (Wildman–Crippen MR) is 136 cm³/mol. The van der Waals surface area contributed by atoms with Crippen LogP contribution >= 0.6 is 0 Å². The van der Waals surface area contributed by atoms with E-state index < -0.39 is 0 Å². The molecule has 3 rings (SSSR count). The van der Waals surface area contributed by atoms with Crippen LogP contribution in [0.15, 0.2) is 40.9 Å². The minimum Gasteiger partial charge on any atom is -0.480 e. The summed E-state index contributed by atoms with van der Waals surface area (Å²) in [6.07, 6.45) is 6.53. The molecule has 8 heteroatoms. The van der Waals surface area contributed by atoms with Gasteiger partial charge >= 0.3 is 0 Å². The molecule has 0 saturated heterocycles. The fraction of sp³-hybridized carbons (Fsp3) is 0.481. The summed E-state index contributed by atoms with van der Waals surface area (Å²) in [5.41, 5.74) is 1.54. The van der Waals surface area contributed by atoms with Crippen LogP contribution < -0.4 is 10.1 Å². The minimum absolute atomic E-state index is 0.0467. The minimum atomic E-state index is -0.348. The summed E-state index contributed by atoms with van der Waals surface area (Å²) in [6.45, 7) is 2.55. The molecule has 8 nitrogen and oxygen atoms in total. The molecule has 0 aliphatic heterocycles. The summed E-state index contributed by atoms with van der Waals surface area (Å²) in [6, 6.07) is 9.43. The summed E-state index contributed by atoms with van der Waals surface area (Å²) in [5, 5.41) is 4.06. The molecular formula is C27H36N4O4. The van der Waals surface area contributed by atoms with Crippen LogP contribution in [0.5, 0.6) is 5.88 Å². The molecule has 35 heavy (non-hydrogen) atoms. The van der Waals surface area contributed by atoms with Crippen molar-refractivity contribution in [3.8, 4) is 17.2 Å². The number of ketones is 1. The van der Waals surface area contributed by atoms with E-state index in [9.17, 15) is 9.59 Å². The molecule has 1 amide bonds. The number of Topliss-reactive ketones (excluding diaryl/α,β-unsaturated/α-hetero) is 1. The monoisotopic (exact) mass is 480 g/mol. The van der Waals surface area contributed by atoms with Crippen LogP contribution in [0.3, 0.4) is 0 Å². The van der Waals surface area contributed by atoms with E-state index in [1.54, 1.807) is 13.3 Å². The van der Waals surface area contributed by atoms with Crippen LogP contribution in [0.1, 0.15) is 63.8 Å². The van der Waals surface area contributed by atoms with Gasteiger partial charge in [-0.05, 0) is 39.1 Å². The zero-order valence-corrected chi connectivity index (χ0v) is 21.2. The largest absolute Gasteiger partial charge is 0.480 e. The van der Waals surface area contributed by atoms with Crippen LogP contribution in [-0.2, 0) is 9.59 Å². The number of oxazole rings is 1. The maximum atomic E-state index is 12.6. The molecule has 0 radical (unpaired) electrons. The summed E-state index contributed by atoms with van der Waals surface area (Å²) < 4.78 is 11.7. The van der Waals surface area contributed by atoms with Crippen LogP contribution in [-0.4, -0.2) is 54.3 Å². The number of nitrogens with one attached hydrogen (secondary N) is 1. The van der Waals surface area contributed by atoms with Crippen molar-refractivity contribution in [3.63, 3.8) is 0 Å². The van der Waals surface area contributed by atoms with E-state index in [0.717, 1.165) is 30.2 Å². The Kier molecular flexibility index (Phi) is 9.78. The highest BCUT2D eigenvalue weighted by Crippen LogP contribution is 2.33. The molecule has 3 aromatic rings. The number of nitrogens with zero attached hydrogens (tertiary/aromatic N) is 3. The second kappa shape index (κ2) is 13.0. The number of unbranched alkanes of at least 4 members (excludes halogenated alkanes) is 2. The van der Waals surface area contributed by atoms with Gasteiger partial charge in [-0.25, -0.2) is 9.97 Å². The molecule has 0 saturated carbocycles. The van der Waals surface area contributed by atoms with Crippen molar-refractivity contribution in [1.82, 2.24) is 20.2 Å². The fourth-order valence-corrected chi connectivity index (χ4v) is 3.88. The summed E-state index contributed by atoms with van der Waals surface area (Å²) in [5.74, 6) is 1.69. The number of fused-ring (bicyclic) bond motifs is 1. The third-order valence-corrected chi connectivity index (χ3v) is 5.93. The van der Waals surface area contributed by atoms with Crippen molar-refractivity contribution in [2.24, 2.45) is 0 Å². The first-order valence-corrected chi connectivity index (χ1v) is 12.3. The average molecular weight is 481 g/mol. The van der Waals surface area contributed by atoms with Crippen LogP contribution in [0.2, 0.25) is 0 Å². The number of rotatable bonds is 14. The number of aromatic nitrogens is 2. The number of carbonyl (C=O) groups is 2. The lowest BCUT2D eigenvalue weighted by atomic mass is 10.0. The number of para-hydroxylation sites is 1. The zero-order chi connectivity index (χ0) is 25.2. The highest BCUT2D eigenvalue weighted by molar-refractivity contribution is 5.85. The molecule has 1 atom stereocenters. The van der Waals surface area contributed by atoms with Gasteiger partial charge in [-0.15, -0.1) is 0 Å². The normalized spacial score (nSPS) is 12.1. The lowest BCUT2D eigenvalue weighted by Gasteiger charge is -2.17. The SMILES string of the molecule is CCC(=O)CCCCCC(NC(=O)CCN(C)C)c1ncc(-c2cc3ccccc3nc2OC)o1. The Balaban J connectivity index is 1.77. The van der Waals surface area contributed by atoms with Crippen LogP contribution in [0, 0.1) is 0 Å². The quantitative estimate of drug-likeness (QED) is 0.327. The van der Waals surface area contributed by atoms with Crippen molar-refractivity contribution in [2.45, 2.75) is 57.9 Å². The van der Waals surface area contributed by atoms with Gasteiger partial charge in [0.25, 0.3) is 0 Å². The van der Waals surface area contributed by atoms with E-state index in [1.165, 1.54) is 0 Å². The number of benzene rings is 1. The number of ether oxygens (including phenoxy) is 1. The Labute approximate surface area is 207 Å². The fourth-order valence-electron chi connectivity index (χ4n) is 3.88. The van der Waals surface area contributed by atoms with Gasteiger partial charge in [-0.3, -0.25) is 9.59 Å². The molecule has 0 aliphatic rings. The van der Waals surface area contributed by atoms with E-state index in [1.807, 2.05) is 56.3 Å². The number of carbonyl (C=O) groups excluding carboxylic acids is 2. The smallest absolute Gasteiger partial charge is 0.224 e. The summed E-state index contributed by atoms with van der Waals surface area (Å²) in [4.78, 5) is 35.2. The zero-order valence-electron chi connectivity index (χ0n) is 21.2. The Morgan fingerprint density at radius 1 is 1.14 bits per heavy atom. The highest BCUT2D eigenvalue weighted by atomic mass is 16.5. The molecule has 0 aliphatic carbocycles. The van der Waals surface area contributed by atoms with Gasteiger partial charge in [0.15, 0.2) is 5.76 Å². The Hall–Kier alpha value is -3.26. The Morgan fingerprint density at radius 2 is 1.94 bits per heavy atom. The molecule has 2 aromatic heterocycles. The number of hydrogen-bond acceptors (Lipinski definition) is 7. The van der Waals surface area contributed by atoms with E-state index in [4.69, 9.17) is 9.15 Å². The molecule has 188 valence electrons. The molecule has 0 fully saturated rings. The summed E-state index contributed by atoms with van der Waals surface area (Å²) >= 11 is 0. The molecular weight excluding hydrogens is 444 g/mol. The van der Waals surface area contributed by atoms with Gasteiger partial charge in [0, 0.05) is 31.2 Å². The molecule has 0 spiro atoms. The van der Waals surface area contributed by atoms with Gasteiger partial charge in [0.1, 0.15) is 11.8 Å². The van der Waals surface area contributed by atoms with Crippen molar-refractivity contribution in [3.05, 3.63) is 42.4 Å². The maximum absolute atomic E-state index is 12.6. The standard InChI is InChI=1S/C27H36N4O4/c1-5-20(32)12-7-6-8-14-23(29-25(33)15-16-31(2)3)27-28-18-24(35-27)21-17-19-11-9-10-13-22(19)30-26(21)34-4/h9-11,13,17-18,23H,5-8,12,14-16H2,1-4H3,(H,29,33). The number of hydrogen-bond donors (Lipinski definition) is 1. The van der Waals surface area contributed by atoms with E-state index in [0.29, 0.717) is 55.3 Å². The maximum Gasteiger partial charge on any atom is 0.224 e. The van der Waals surface area contributed by atoms with E-state index in [2.05, 4.69) is 15.3 Å². The van der Waals surface area contributed by atoms with Crippen LogP contribution in [0.4, 0.5) is 0 Å². The third-order valence-electron chi connectivity index (χ3n) is 5.93. The van der Waals surface area contributed by atoms with E-state index >= 15 is 0 Å². The van der Waals surface area contributed by atoms with Crippen molar-refractivity contribution < 1.29 is 18.7 Å². The molecule has 1 unspecified atom stereocenters. The van der Waals surface area contributed by atoms with Crippen molar-refractivity contribution in [2.75, 3.05) is 27.7 Å². The number of amides is 1. The Morgan fingerprint density at radius 3 is 2.69 bits per heavy atom. The van der Waals surface area contributed by atoms with E-state index in [-0.39, 0.29) is 17.7 Å². The third kappa shape index (κ3) is 7.62.